The normalized spacial score (nSPS) is 12.3. The molecule has 1 aromatic carbocycles. The van der Waals surface area contributed by atoms with Crippen molar-refractivity contribution in [3.05, 3.63) is 58.3 Å². The monoisotopic (exact) mass is 315 g/mol. The molecule has 1 atom stereocenters. The second-order valence-electron chi connectivity index (χ2n) is 5.61. The summed E-state index contributed by atoms with van der Waals surface area (Å²) < 4.78 is 0. The fourth-order valence-electron chi connectivity index (χ4n) is 2.83. The van der Waals surface area contributed by atoms with Crippen molar-refractivity contribution < 1.29 is 4.79 Å². The summed E-state index contributed by atoms with van der Waals surface area (Å²) in [6, 6.07) is 14.6. The Hall–Kier alpha value is -1.61. The molecule has 1 N–H and O–H groups in total. The molecule has 0 saturated carbocycles. The summed E-state index contributed by atoms with van der Waals surface area (Å²) in [5.41, 5.74) is 1.21. The number of nitrogens with one attached hydrogen (secondary N) is 1. The van der Waals surface area contributed by atoms with E-state index in [1.54, 1.807) is 11.3 Å². The predicted molar refractivity (Wildman–Crippen MR) is 94.0 cm³/mol. The van der Waals surface area contributed by atoms with E-state index in [1.165, 1.54) is 10.4 Å². The number of carbonyl (C=O) groups excluding carboxylic acids is 1. The fraction of sp³-hybridized carbons (Fsp3) is 0.421. The second kappa shape index (κ2) is 8.74. The molecule has 1 heterocycles. The molecule has 0 aliphatic rings. The van der Waals surface area contributed by atoms with Gasteiger partial charge in [0.15, 0.2) is 0 Å². The molecule has 0 spiro atoms. The molecule has 118 valence electrons. The van der Waals surface area contributed by atoms with Gasteiger partial charge >= 0.3 is 0 Å². The second-order valence-corrected chi connectivity index (χ2v) is 6.64. The van der Waals surface area contributed by atoms with Crippen molar-refractivity contribution in [1.29, 1.82) is 0 Å². The van der Waals surface area contributed by atoms with E-state index in [0.29, 0.717) is 12.3 Å². The van der Waals surface area contributed by atoms with Crippen LogP contribution in [0.2, 0.25) is 0 Å². The number of hydrogen-bond acceptors (Lipinski definition) is 2. The fourth-order valence-corrected chi connectivity index (χ4v) is 3.54. The van der Waals surface area contributed by atoms with Gasteiger partial charge in [-0.1, -0.05) is 63.1 Å². The van der Waals surface area contributed by atoms with Crippen LogP contribution in [0.15, 0.2) is 47.8 Å². The molecule has 3 heteroatoms. The van der Waals surface area contributed by atoms with Gasteiger partial charge in [0.25, 0.3) is 0 Å². The van der Waals surface area contributed by atoms with E-state index in [1.807, 2.05) is 24.3 Å². The van der Waals surface area contributed by atoms with Gasteiger partial charge in [-0.3, -0.25) is 4.79 Å². The highest BCUT2D eigenvalue weighted by Gasteiger charge is 2.22. The summed E-state index contributed by atoms with van der Waals surface area (Å²) >= 11 is 1.72. The predicted octanol–water partition coefficient (Wildman–Crippen LogP) is 4.97. The lowest BCUT2D eigenvalue weighted by molar-refractivity contribution is -0.122. The average Bonchev–Trinajstić information content (AvgIpc) is 3.07. The molecule has 1 aromatic heterocycles. The first-order chi connectivity index (χ1) is 10.7. The number of benzene rings is 1. The van der Waals surface area contributed by atoms with Gasteiger partial charge in [0.05, 0.1) is 6.04 Å². The minimum absolute atomic E-state index is 0.118. The van der Waals surface area contributed by atoms with Gasteiger partial charge in [0.2, 0.25) is 5.91 Å². The smallest absolute Gasteiger partial charge is 0.220 e. The van der Waals surface area contributed by atoms with Crippen LogP contribution >= 0.6 is 11.3 Å². The average molecular weight is 315 g/mol. The molecular formula is C19H25NOS. The molecule has 2 aromatic rings. The standard InChI is InChI=1S/C19H25NOS/c1-3-15(4-2)19(16-9-6-5-7-10-16)20-18(21)13-12-17-11-8-14-22-17/h5-11,14-15,19H,3-4,12-13H2,1-2H3,(H,20,21)/t19-/m0/s1. The van der Waals surface area contributed by atoms with Gasteiger partial charge in [-0.25, -0.2) is 0 Å². The number of amides is 1. The Bertz CT molecular complexity index is 546. The van der Waals surface area contributed by atoms with Gasteiger partial charge in [-0.2, -0.15) is 0 Å². The summed E-state index contributed by atoms with van der Waals surface area (Å²) in [5, 5.41) is 5.32. The van der Waals surface area contributed by atoms with Gasteiger partial charge in [0, 0.05) is 11.3 Å². The van der Waals surface area contributed by atoms with E-state index in [9.17, 15) is 4.79 Å². The molecule has 0 bridgehead atoms. The Morgan fingerprint density at radius 2 is 1.82 bits per heavy atom. The number of aryl methyl sites for hydroxylation is 1. The van der Waals surface area contributed by atoms with Crippen LogP contribution in [0.5, 0.6) is 0 Å². The van der Waals surface area contributed by atoms with Crippen molar-refractivity contribution in [2.45, 2.75) is 45.6 Å². The number of rotatable bonds is 8. The zero-order valence-electron chi connectivity index (χ0n) is 13.4. The molecule has 0 unspecified atom stereocenters. The summed E-state index contributed by atoms with van der Waals surface area (Å²) in [5.74, 6) is 0.627. The van der Waals surface area contributed by atoms with Crippen molar-refractivity contribution in [3.8, 4) is 0 Å². The van der Waals surface area contributed by atoms with E-state index >= 15 is 0 Å². The Kier molecular flexibility index (Phi) is 6.66. The highest BCUT2D eigenvalue weighted by Crippen LogP contribution is 2.27. The lowest BCUT2D eigenvalue weighted by atomic mass is 9.88. The zero-order valence-corrected chi connectivity index (χ0v) is 14.2. The Labute approximate surface area is 137 Å². The van der Waals surface area contributed by atoms with Gasteiger partial charge in [-0.15, -0.1) is 11.3 Å². The molecule has 2 nitrogen and oxygen atoms in total. The van der Waals surface area contributed by atoms with E-state index in [4.69, 9.17) is 0 Å². The van der Waals surface area contributed by atoms with Crippen LogP contribution in [0, 0.1) is 5.92 Å². The van der Waals surface area contributed by atoms with E-state index in [-0.39, 0.29) is 11.9 Å². The summed E-state index contributed by atoms with van der Waals surface area (Å²) in [6.07, 6.45) is 3.53. The number of carbonyl (C=O) groups is 1. The quantitative estimate of drug-likeness (QED) is 0.732. The largest absolute Gasteiger partial charge is 0.349 e. The molecule has 0 radical (unpaired) electrons. The SMILES string of the molecule is CCC(CC)[C@H](NC(=O)CCc1cccs1)c1ccccc1. The maximum absolute atomic E-state index is 12.4. The molecule has 22 heavy (non-hydrogen) atoms. The molecule has 0 aliphatic heterocycles. The Balaban J connectivity index is 2.01. The van der Waals surface area contributed by atoms with Crippen molar-refractivity contribution in [2.75, 3.05) is 0 Å². The lowest BCUT2D eigenvalue weighted by Crippen LogP contribution is -2.33. The Morgan fingerprint density at radius 1 is 1.09 bits per heavy atom. The highest BCUT2D eigenvalue weighted by molar-refractivity contribution is 7.09. The zero-order chi connectivity index (χ0) is 15.8. The third-order valence-corrected chi connectivity index (χ3v) is 5.11. The highest BCUT2D eigenvalue weighted by atomic mass is 32.1. The molecule has 0 saturated heterocycles. The summed E-state index contributed by atoms with van der Waals surface area (Å²) in [4.78, 5) is 13.6. The first-order valence-electron chi connectivity index (χ1n) is 8.11. The molecule has 0 fully saturated rings. The van der Waals surface area contributed by atoms with Crippen molar-refractivity contribution in [2.24, 2.45) is 5.92 Å². The van der Waals surface area contributed by atoms with Crippen molar-refractivity contribution in [1.82, 2.24) is 5.32 Å². The summed E-state index contributed by atoms with van der Waals surface area (Å²) in [7, 11) is 0. The van der Waals surface area contributed by atoms with Gasteiger partial charge < -0.3 is 5.32 Å². The topological polar surface area (TPSA) is 29.1 Å². The van der Waals surface area contributed by atoms with Crippen LogP contribution in [0.1, 0.15) is 49.6 Å². The number of thiophene rings is 1. The van der Waals surface area contributed by atoms with Crippen molar-refractivity contribution >= 4 is 17.2 Å². The minimum atomic E-state index is 0.118. The van der Waals surface area contributed by atoms with Gasteiger partial charge in [0.1, 0.15) is 0 Å². The van der Waals surface area contributed by atoms with E-state index < -0.39 is 0 Å². The first-order valence-corrected chi connectivity index (χ1v) is 8.99. The molecule has 1 amide bonds. The molecule has 0 aliphatic carbocycles. The number of hydrogen-bond donors (Lipinski definition) is 1. The first kappa shape index (κ1) is 16.8. The van der Waals surface area contributed by atoms with Crippen LogP contribution in [0.4, 0.5) is 0 Å². The Morgan fingerprint density at radius 3 is 2.41 bits per heavy atom. The molecular weight excluding hydrogens is 290 g/mol. The van der Waals surface area contributed by atoms with E-state index in [2.05, 4.69) is 42.7 Å². The van der Waals surface area contributed by atoms with Crippen LogP contribution in [0.25, 0.3) is 0 Å². The van der Waals surface area contributed by atoms with Gasteiger partial charge in [-0.05, 0) is 29.3 Å². The minimum Gasteiger partial charge on any atom is -0.349 e. The molecule has 2 rings (SSSR count). The van der Waals surface area contributed by atoms with Crippen LogP contribution in [0.3, 0.4) is 0 Å². The third kappa shape index (κ3) is 4.70. The van der Waals surface area contributed by atoms with Crippen molar-refractivity contribution in [3.63, 3.8) is 0 Å². The van der Waals surface area contributed by atoms with Crippen LogP contribution in [-0.4, -0.2) is 5.91 Å². The summed E-state index contributed by atoms with van der Waals surface area (Å²) in [6.45, 7) is 4.39. The lowest BCUT2D eigenvalue weighted by Gasteiger charge is -2.27. The third-order valence-electron chi connectivity index (χ3n) is 4.17. The van der Waals surface area contributed by atoms with Crippen LogP contribution < -0.4 is 5.32 Å². The van der Waals surface area contributed by atoms with Crippen LogP contribution in [-0.2, 0) is 11.2 Å². The maximum Gasteiger partial charge on any atom is 0.220 e. The maximum atomic E-state index is 12.4. The van der Waals surface area contributed by atoms with E-state index in [0.717, 1.165) is 19.3 Å².